The van der Waals surface area contributed by atoms with Crippen LogP contribution in [0.4, 0.5) is 5.69 Å². The van der Waals surface area contributed by atoms with Gasteiger partial charge in [-0.05, 0) is 43.4 Å². The highest BCUT2D eigenvalue weighted by atomic mass is 14.9. The topological polar surface area (TPSA) is 35.8 Å². The van der Waals surface area contributed by atoms with Crippen LogP contribution in [0.1, 0.15) is 45.7 Å². The van der Waals surface area contributed by atoms with Gasteiger partial charge in [-0.25, -0.2) is 0 Å². The minimum absolute atomic E-state index is 0.148. The van der Waals surface area contributed by atoms with Crippen molar-refractivity contribution in [1.82, 2.24) is 0 Å². The third-order valence-corrected chi connectivity index (χ3v) is 3.13. The fourth-order valence-electron chi connectivity index (χ4n) is 1.63. The van der Waals surface area contributed by atoms with Gasteiger partial charge in [-0.1, -0.05) is 32.9 Å². The molecular formula is C16H24N2. The van der Waals surface area contributed by atoms with E-state index in [0.29, 0.717) is 6.54 Å². The van der Waals surface area contributed by atoms with Gasteiger partial charge < -0.3 is 5.32 Å². The minimum atomic E-state index is -0.343. The van der Waals surface area contributed by atoms with E-state index in [1.807, 2.05) is 13.8 Å². The molecular weight excluding hydrogens is 220 g/mol. The fraction of sp³-hybridized carbons (Fsp3) is 0.562. The van der Waals surface area contributed by atoms with Crippen molar-refractivity contribution in [2.24, 2.45) is 5.41 Å². The third-order valence-electron chi connectivity index (χ3n) is 3.13. The summed E-state index contributed by atoms with van der Waals surface area (Å²) in [5.41, 5.74) is 3.46. The SMILES string of the molecule is Cc1ccc(C(C)(C)C)cc1NCC(C)(C)C#N. The van der Waals surface area contributed by atoms with E-state index in [1.165, 1.54) is 11.1 Å². The molecule has 18 heavy (non-hydrogen) atoms. The molecule has 0 unspecified atom stereocenters. The average molecular weight is 244 g/mol. The maximum absolute atomic E-state index is 9.04. The second-order valence-electron chi connectivity index (χ2n) is 6.63. The molecule has 0 amide bonds. The van der Waals surface area contributed by atoms with Gasteiger partial charge in [0.1, 0.15) is 0 Å². The molecule has 0 fully saturated rings. The van der Waals surface area contributed by atoms with Gasteiger partial charge in [-0.3, -0.25) is 0 Å². The molecule has 0 aromatic heterocycles. The molecule has 0 radical (unpaired) electrons. The molecule has 2 heteroatoms. The quantitative estimate of drug-likeness (QED) is 0.862. The Bertz CT molecular complexity index is 459. The summed E-state index contributed by atoms with van der Waals surface area (Å²) in [5.74, 6) is 0. The molecule has 0 atom stereocenters. The molecule has 1 rings (SSSR count). The van der Waals surface area contributed by atoms with Crippen molar-refractivity contribution in [3.63, 3.8) is 0 Å². The second kappa shape index (κ2) is 5.02. The van der Waals surface area contributed by atoms with Gasteiger partial charge in [-0.2, -0.15) is 5.26 Å². The van der Waals surface area contributed by atoms with Crippen molar-refractivity contribution in [3.8, 4) is 6.07 Å². The number of anilines is 1. The highest BCUT2D eigenvalue weighted by molar-refractivity contribution is 5.54. The van der Waals surface area contributed by atoms with Crippen molar-refractivity contribution in [1.29, 1.82) is 5.26 Å². The van der Waals surface area contributed by atoms with Crippen LogP contribution in [-0.4, -0.2) is 6.54 Å². The first-order valence-corrected chi connectivity index (χ1v) is 6.42. The van der Waals surface area contributed by atoms with Crippen LogP contribution in [0.2, 0.25) is 0 Å². The molecule has 0 aliphatic carbocycles. The predicted molar refractivity (Wildman–Crippen MR) is 77.8 cm³/mol. The summed E-state index contributed by atoms with van der Waals surface area (Å²) in [6.07, 6.45) is 0. The summed E-state index contributed by atoms with van der Waals surface area (Å²) < 4.78 is 0. The van der Waals surface area contributed by atoms with Gasteiger partial charge in [0, 0.05) is 12.2 Å². The molecule has 1 aromatic rings. The molecule has 2 nitrogen and oxygen atoms in total. The van der Waals surface area contributed by atoms with Gasteiger partial charge in [0.15, 0.2) is 0 Å². The molecule has 1 N–H and O–H groups in total. The zero-order valence-electron chi connectivity index (χ0n) is 12.4. The van der Waals surface area contributed by atoms with Crippen LogP contribution in [0, 0.1) is 23.7 Å². The summed E-state index contributed by atoms with van der Waals surface area (Å²) >= 11 is 0. The van der Waals surface area contributed by atoms with Crippen molar-refractivity contribution in [2.45, 2.75) is 47.0 Å². The smallest absolute Gasteiger partial charge is 0.0702 e. The average Bonchev–Trinajstić information content (AvgIpc) is 2.26. The number of hydrogen-bond donors (Lipinski definition) is 1. The van der Waals surface area contributed by atoms with Crippen molar-refractivity contribution >= 4 is 5.69 Å². The van der Waals surface area contributed by atoms with E-state index >= 15 is 0 Å². The first-order chi connectivity index (χ1) is 8.15. The highest BCUT2D eigenvalue weighted by Gasteiger charge is 2.18. The Labute approximate surface area is 111 Å². The molecule has 1 aromatic carbocycles. The van der Waals surface area contributed by atoms with Gasteiger partial charge in [-0.15, -0.1) is 0 Å². The maximum Gasteiger partial charge on any atom is 0.0702 e. The number of nitrogens with one attached hydrogen (secondary N) is 1. The van der Waals surface area contributed by atoms with Crippen molar-refractivity contribution in [2.75, 3.05) is 11.9 Å². The zero-order chi connectivity index (χ0) is 14.0. The Morgan fingerprint density at radius 3 is 2.28 bits per heavy atom. The van der Waals surface area contributed by atoms with Crippen LogP contribution < -0.4 is 5.32 Å². The number of aryl methyl sites for hydroxylation is 1. The lowest BCUT2D eigenvalue weighted by Gasteiger charge is -2.23. The van der Waals surface area contributed by atoms with E-state index in [4.69, 9.17) is 5.26 Å². The van der Waals surface area contributed by atoms with Crippen LogP contribution in [-0.2, 0) is 5.41 Å². The van der Waals surface area contributed by atoms with Crippen molar-refractivity contribution < 1.29 is 0 Å². The van der Waals surface area contributed by atoms with Crippen LogP contribution in [0.15, 0.2) is 18.2 Å². The van der Waals surface area contributed by atoms with E-state index in [1.54, 1.807) is 0 Å². The van der Waals surface area contributed by atoms with Gasteiger partial charge >= 0.3 is 0 Å². The van der Waals surface area contributed by atoms with Crippen molar-refractivity contribution in [3.05, 3.63) is 29.3 Å². The van der Waals surface area contributed by atoms with E-state index in [-0.39, 0.29) is 10.8 Å². The molecule has 0 saturated heterocycles. The Morgan fingerprint density at radius 1 is 1.17 bits per heavy atom. The predicted octanol–water partition coefficient (Wildman–Crippen LogP) is 4.25. The molecule has 0 aliphatic rings. The summed E-state index contributed by atoms with van der Waals surface area (Å²) in [7, 11) is 0. The largest absolute Gasteiger partial charge is 0.383 e. The van der Waals surface area contributed by atoms with Crippen LogP contribution in [0.25, 0.3) is 0 Å². The Balaban J connectivity index is 2.93. The van der Waals surface area contributed by atoms with E-state index in [0.717, 1.165) is 5.69 Å². The van der Waals surface area contributed by atoms with E-state index in [2.05, 4.69) is 57.3 Å². The fourth-order valence-corrected chi connectivity index (χ4v) is 1.63. The lowest BCUT2D eigenvalue weighted by molar-refractivity contribution is 0.528. The van der Waals surface area contributed by atoms with Crippen LogP contribution >= 0.6 is 0 Å². The summed E-state index contributed by atoms with van der Waals surface area (Å²) in [6.45, 7) is 13.3. The van der Waals surface area contributed by atoms with Gasteiger partial charge in [0.25, 0.3) is 0 Å². The molecule has 0 bridgehead atoms. The maximum atomic E-state index is 9.04. The number of hydrogen-bond acceptors (Lipinski definition) is 2. The van der Waals surface area contributed by atoms with E-state index < -0.39 is 0 Å². The monoisotopic (exact) mass is 244 g/mol. The first-order valence-electron chi connectivity index (χ1n) is 6.42. The lowest BCUT2D eigenvalue weighted by Crippen LogP contribution is -2.21. The lowest BCUT2D eigenvalue weighted by atomic mass is 9.86. The highest BCUT2D eigenvalue weighted by Crippen LogP contribution is 2.27. The molecule has 98 valence electrons. The van der Waals surface area contributed by atoms with Gasteiger partial charge in [0.2, 0.25) is 0 Å². The molecule has 0 saturated carbocycles. The Hall–Kier alpha value is -1.49. The summed E-state index contributed by atoms with van der Waals surface area (Å²) in [5, 5.41) is 12.4. The number of nitriles is 1. The molecule has 0 heterocycles. The number of rotatable bonds is 3. The third kappa shape index (κ3) is 3.77. The molecule has 0 spiro atoms. The molecule has 0 aliphatic heterocycles. The number of nitrogens with zero attached hydrogens (tertiary/aromatic N) is 1. The Morgan fingerprint density at radius 2 is 1.78 bits per heavy atom. The second-order valence-corrected chi connectivity index (χ2v) is 6.63. The van der Waals surface area contributed by atoms with Crippen LogP contribution in [0.3, 0.4) is 0 Å². The van der Waals surface area contributed by atoms with E-state index in [9.17, 15) is 0 Å². The summed E-state index contributed by atoms with van der Waals surface area (Å²) in [6, 6.07) is 8.83. The number of benzene rings is 1. The normalized spacial score (nSPS) is 12.1. The van der Waals surface area contributed by atoms with Gasteiger partial charge in [0.05, 0.1) is 11.5 Å². The standard InChI is InChI=1S/C16H24N2/c1-12-7-8-13(15(2,3)4)9-14(12)18-11-16(5,6)10-17/h7-9,18H,11H2,1-6H3. The first kappa shape index (κ1) is 14.6. The summed E-state index contributed by atoms with van der Waals surface area (Å²) in [4.78, 5) is 0. The zero-order valence-corrected chi connectivity index (χ0v) is 12.4. The Kier molecular flexibility index (Phi) is 4.06. The minimum Gasteiger partial charge on any atom is -0.383 e. The van der Waals surface area contributed by atoms with Crippen LogP contribution in [0.5, 0.6) is 0 Å².